The Morgan fingerprint density at radius 1 is 1.40 bits per heavy atom. The molecular weight excluding hydrogens is 280 g/mol. The van der Waals surface area contributed by atoms with Crippen molar-refractivity contribution < 1.29 is 14.7 Å². The summed E-state index contributed by atoms with van der Waals surface area (Å²) in [6.45, 7) is 6.24. The number of benzene rings is 1. The molecule has 0 aliphatic rings. The van der Waals surface area contributed by atoms with Crippen molar-refractivity contribution in [3.63, 3.8) is 0 Å². The Morgan fingerprint density at radius 2 is 2.05 bits per heavy atom. The molecule has 110 valence electrons. The van der Waals surface area contributed by atoms with Crippen LogP contribution in [0.2, 0.25) is 5.02 Å². The van der Waals surface area contributed by atoms with Gasteiger partial charge in [0.25, 0.3) is 0 Å². The first kappa shape index (κ1) is 16.3. The maximum absolute atomic E-state index is 11.8. The fraction of sp³-hybridized carbons (Fsp3) is 0.429. The summed E-state index contributed by atoms with van der Waals surface area (Å²) in [7, 11) is 0. The molecule has 0 atom stereocenters. The predicted octanol–water partition coefficient (Wildman–Crippen LogP) is 2.39. The maximum atomic E-state index is 11.8. The van der Waals surface area contributed by atoms with Crippen LogP contribution < -0.4 is 10.2 Å². The summed E-state index contributed by atoms with van der Waals surface area (Å²) in [5.41, 5.74) is 0.583. The summed E-state index contributed by atoms with van der Waals surface area (Å²) < 4.78 is 0. The van der Waals surface area contributed by atoms with Crippen molar-refractivity contribution in [2.75, 3.05) is 18.0 Å². The van der Waals surface area contributed by atoms with Gasteiger partial charge in [-0.15, -0.1) is 0 Å². The van der Waals surface area contributed by atoms with Crippen molar-refractivity contribution in [2.24, 2.45) is 0 Å². The third-order valence-electron chi connectivity index (χ3n) is 2.70. The van der Waals surface area contributed by atoms with E-state index >= 15 is 0 Å². The average molecular weight is 299 g/mol. The molecule has 0 aliphatic heterocycles. The van der Waals surface area contributed by atoms with E-state index in [2.05, 4.69) is 5.32 Å². The van der Waals surface area contributed by atoms with Gasteiger partial charge >= 0.3 is 5.97 Å². The number of anilines is 1. The van der Waals surface area contributed by atoms with E-state index in [0.29, 0.717) is 17.3 Å². The number of carboxylic acids is 1. The fourth-order valence-electron chi connectivity index (χ4n) is 1.86. The van der Waals surface area contributed by atoms with Crippen LogP contribution in [0.15, 0.2) is 18.2 Å². The minimum absolute atomic E-state index is 0.0466. The Labute approximate surface area is 123 Å². The van der Waals surface area contributed by atoms with E-state index in [1.807, 2.05) is 20.8 Å². The van der Waals surface area contributed by atoms with E-state index in [0.717, 1.165) is 0 Å². The van der Waals surface area contributed by atoms with Gasteiger partial charge < -0.3 is 15.3 Å². The van der Waals surface area contributed by atoms with Gasteiger partial charge in [0.15, 0.2) is 0 Å². The summed E-state index contributed by atoms with van der Waals surface area (Å²) in [5.74, 6) is -1.21. The van der Waals surface area contributed by atoms with Crippen LogP contribution in [0.4, 0.5) is 5.69 Å². The lowest BCUT2D eigenvalue weighted by Crippen LogP contribution is -2.40. The van der Waals surface area contributed by atoms with Crippen molar-refractivity contribution >= 4 is 29.2 Å². The number of likely N-dealkylation sites (N-methyl/N-ethyl adjacent to an activating group) is 1. The summed E-state index contributed by atoms with van der Waals surface area (Å²) >= 11 is 5.82. The fourth-order valence-corrected chi connectivity index (χ4v) is 2.04. The number of rotatable bonds is 6. The molecule has 0 aromatic heterocycles. The van der Waals surface area contributed by atoms with E-state index in [1.54, 1.807) is 17.0 Å². The molecule has 0 saturated carbocycles. The molecule has 0 heterocycles. The molecule has 1 rings (SSSR count). The molecule has 0 aliphatic carbocycles. The molecule has 20 heavy (non-hydrogen) atoms. The van der Waals surface area contributed by atoms with Crippen LogP contribution in [-0.4, -0.2) is 36.1 Å². The molecule has 1 amide bonds. The molecule has 5 nitrogen and oxygen atoms in total. The van der Waals surface area contributed by atoms with Gasteiger partial charge in [-0.05, 0) is 39.0 Å². The lowest BCUT2D eigenvalue weighted by atomic mass is 10.1. The number of aromatic carboxylic acids is 1. The average Bonchev–Trinajstić information content (AvgIpc) is 2.35. The highest BCUT2D eigenvalue weighted by Gasteiger charge is 2.18. The number of halogens is 1. The summed E-state index contributed by atoms with van der Waals surface area (Å²) in [6, 6.07) is 4.68. The van der Waals surface area contributed by atoms with Gasteiger partial charge in [-0.1, -0.05) is 11.6 Å². The number of carbonyl (C=O) groups excluding carboxylic acids is 1. The molecule has 0 bridgehead atoms. The summed E-state index contributed by atoms with van der Waals surface area (Å²) in [5, 5.41) is 12.4. The predicted molar refractivity (Wildman–Crippen MR) is 79.6 cm³/mol. The zero-order valence-electron chi connectivity index (χ0n) is 11.8. The molecule has 0 unspecified atom stereocenters. The van der Waals surface area contributed by atoms with Gasteiger partial charge in [0.05, 0.1) is 17.8 Å². The van der Waals surface area contributed by atoms with Crippen molar-refractivity contribution in [1.29, 1.82) is 0 Å². The van der Waals surface area contributed by atoms with Gasteiger partial charge in [-0.2, -0.15) is 0 Å². The SMILES string of the molecule is CCN(CC(=O)NC(C)C)c1ccc(Cl)cc1C(=O)O. The minimum Gasteiger partial charge on any atom is -0.478 e. The molecule has 0 saturated heterocycles. The summed E-state index contributed by atoms with van der Waals surface area (Å²) in [6.07, 6.45) is 0. The van der Waals surface area contributed by atoms with E-state index in [1.165, 1.54) is 6.07 Å². The zero-order valence-corrected chi connectivity index (χ0v) is 12.6. The first-order valence-electron chi connectivity index (χ1n) is 6.42. The summed E-state index contributed by atoms with van der Waals surface area (Å²) in [4.78, 5) is 24.8. The zero-order chi connectivity index (χ0) is 15.3. The van der Waals surface area contributed by atoms with E-state index in [-0.39, 0.29) is 24.1 Å². The Balaban J connectivity index is 3.00. The second kappa shape index (κ2) is 7.14. The molecular formula is C14H19ClN2O3. The van der Waals surface area contributed by atoms with Crippen LogP contribution in [0.25, 0.3) is 0 Å². The number of carboxylic acid groups (broad SMARTS) is 1. The number of amides is 1. The molecule has 1 aromatic carbocycles. The number of nitrogens with zero attached hydrogens (tertiary/aromatic N) is 1. The van der Waals surface area contributed by atoms with Crippen molar-refractivity contribution in [1.82, 2.24) is 5.32 Å². The van der Waals surface area contributed by atoms with Crippen molar-refractivity contribution in [3.8, 4) is 0 Å². The Morgan fingerprint density at radius 3 is 2.55 bits per heavy atom. The maximum Gasteiger partial charge on any atom is 0.337 e. The van der Waals surface area contributed by atoms with Crippen LogP contribution in [-0.2, 0) is 4.79 Å². The second-order valence-corrected chi connectivity index (χ2v) is 5.14. The first-order valence-corrected chi connectivity index (χ1v) is 6.80. The van der Waals surface area contributed by atoms with Crippen LogP contribution in [0.5, 0.6) is 0 Å². The molecule has 6 heteroatoms. The van der Waals surface area contributed by atoms with Gasteiger partial charge in [0.1, 0.15) is 0 Å². The van der Waals surface area contributed by atoms with Gasteiger partial charge in [-0.3, -0.25) is 4.79 Å². The van der Waals surface area contributed by atoms with E-state index in [9.17, 15) is 14.7 Å². The van der Waals surface area contributed by atoms with Crippen molar-refractivity contribution in [2.45, 2.75) is 26.8 Å². The minimum atomic E-state index is -1.06. The number of hydrogen-bond acceptors (Lipinski definition) is 3. The highest BCUT2D eigenvalue weighted by atomic mass is 35.5. The Kier molecular flexibility index (Phi) is 5.82. The highest BCUT2D eigenvalue weighted by Crippen LogP contribution is 2.24. The standard InChI is InChI=1S/C14H19ClN2O3/c1-4-17(8-13(18)16-9(2)3)12-6-5-10(15)7-11(12)14(19)20/h5-7,9H,4,8H2,1-3H3,(H,16,18)(H,19,20). The topological polar surface area (TPSA) is 69.6 Å². The monoisotopic (exact) mass is 298 g/mol. The lowest BCUT2D eigenvalue weighted by Gasteiger charge is -2.24. The number of hydrogen-bond donors (Lipinski definition) is 2. The Bertz CT molecular complexity index is 503. The number of nitrogens with one attached hydrogen (secondary N) is 1. The van der Waals surface area contributed by atoms with Gasteiger partial charge in [0, 0.05) is 17.6 Å². The van der Waals surface area contributed by atoms with Crippen LogP contribution >= 0.6 is 11.6 Å². The highest BCUT2D eigenvalue weighted by molar-refractivity contribution is 6.31. The van der Waals surface area contributed by atoms with Crippen LogP contribution in [0, 0.1) is 0 Å². The van der Waals surface area contributed by atoms with E-state index in [4.69, 9.17) is 11.6 Å². The molecule has 0 radical (unpaired) electrons. The third kappa shape index (κ3) is 4.42. The van der Waals surface area contributed by atoms with Gasteiger partial charge in [-0.25, -0.2) is 4.79 Å². The second-order valence-electron chi connectivity index (χ2n) is 4.70. The molecule has 0 fully saturated rings. The first-order chi connectivity index (χ1) is 9.35. The normalized spacial score (nSPS) is 10.4. The van der Waals surface area contributed by atoms with Gasteiger partial charge in [0.2, 0.25) is 5.91 Å². The molecule has 1 aromatic rings. The largest absolute Gasteiger partial charge is 0.478 e. The molecule has 2 N–H and O–H groups in total. The smallest absolute Gasteiger partial charge is 0.337 e. The third-order valence-corrected chi connectivity index (χ3v) is 2.93. The van der Waals surface area contributed by atoms with Crippen LogP contribution in [0.3, 0.4) is 0 Å². The molecule has 0 spiro atoms. The number of carbonyl (C=O) groups is 2. The van der Waals surface area contributed by atoms with Crippen LogP contribution in [0.1, 0.15) is 31.1 Å². The lowest BCUT2D eigenvalue weighted by molar-refractivity contribution is -0.120. The quantitative estimate of drug-likeness (QED) is 0.846. The Hall–Kier alpha value is -1.75. The van der Waals surface area contributed by atoms with Crippen molar-refractivity contribution in [3.05, 3.63) is 28.8 Å². The van der Waals surface area contributed by atoms with E-state index < -0.39 is 5.97 Å².